The molecule has 1 aromatic carbocycles. The van der Waals surface area contributed by atoms with Crippen molar-refractivity contribution in [3.8, 4) is 0 Å². The van der Waals surface area contributed by atoms with Gasteiger partial charge >= 0.3 is 0 Å². The lowest BCUT2D eigenvalue weighted by molar-refractivity contribution is 0.102. The van der Waals surface area contributed by atoms with Crippen molar-refractivity contribution in [3.63, 3.8) is 0 Å². The van der Waals surface area contributed by atoms with E-state index in [2.05, 4.69) is 15.7 Å². The van der Waals surface area contributed by atoms with E-state index >= 15 is 0 Å². The van der Waals surface area contributed by atoms with Crippen LogP contribution in [-0.2, 0) is 0 Å². The minimum Gasteiger partial charge on any atom is -0.339 e. The number of benzene rings is 1. The summed E-state index contributed by atoms with van der Waals surface area (Å²) in [4.78, 5) is 12.5. The SMILES string of the molecule is O=C(Nc1cc(F)ccc1F)c1cnn2c1NC(=C1CC1)C=C2C(F)F. The highest BCUT2D eigenvalue weighted by atomic mass is 19.3. The van der Waals surface area contributed by atoms with Gasteiger partial charge in [0.15, 0.2) is 0 Å². The molecule has 0 atom stereocenters. The van der Waals surface area contributed by atoms with Gasteiger partial charge in [-0.15, -0.1) is 0 Å². The zero-order valence-electron chi connectivity index (χ0n) is 13.2. The monoisotopic (exact) mass is 364 g/mol. The number of fused-ring (bicyclic) bond motifs is 1. The van der Waals surface area contributed by atoms with E-state index < -0.39 is 24.0 Å². The Balaban J connectivity index is 1.70. The molecule has 2 N–H and O–H groups in total. The molecule has 26 heavy (non-hydrogen) atoms. The van der Waals surface area contributed by atoms with Crippen LogP contribution >= 0.6 is 0 Å². The maximum absolute atomic E-state index is 13.7. The van der Waals surface area contributed by atoms with E-state index in [4.69, 9.17) is 0 Å². The number of anilines is 2. The first kappa shape index (κ1) is 16.4. The third-order valence-corrected chi connectivity index (χ3v) is 4.08. The Morgan fingerprint density at radius 2 is 2.04 bits per heavy atom. The Labute approximate surface area is 145 Å². The summed E-state index contributed by atoms with van der Waals surface area (Å²) < 4.78 is 54.6. The van der Waals surface area contributed by atoms with Crippen molar-refractivity contribution < 1.29 is 22.4 Å². The number of carbonyl (C=O) groups excluding carboxylic acids is 1. The van der Waals surface area contributed by atoms with Crippen LogP contribution in [0.4, 0.5) is 29.1 Å². The lowest BCUT2D eigenvalue weighted by Crippen LogP contribution is -2.20. The summed E-state index contributed by atoms with van der Waals surface area (Å²) in [6.07, 6.45) is 1.20. The molecule has 0 bridgehead atoms. The predicted molar refractivity (Wildman–Crippen MR) is 86.7 cm³/mol. The largest absolute Gasteiger partial charge is 0.339 e. The van der Waals surface area contributed by atoms with Gasteiger partial charge in [-0.1, -0.05) is 0 Å². The average Bonchev–Trinajstić information content (AvgIpc) is 3.36. The van der Waals surface area contributed by atoms with Crippen molar-refractivity contribution in [2.75, 3.05) is 10.6 Å². The Bertz CT molecular complexity index is 971. The molecule has 1 aromatic heterocycles. The van der Waals surface area contributed by atoms with E-state index in [1.165, 1.54) is 6.08 Å². The molecule has 4 rings (SSSR count). The Kier molecular flexibility index (Phi) is 3.78. The molecular weight excluding hydrogens is 352 g/mol. The van der Waals surface area contributed by atoms with Gasteiger partial charge in [0.05, 0.1) is 11.9 Å². The van der Waals surface area contributed by atoms with Gasteiger partial charge in [0, 0.05) is 11.8 Å². The number of halogens is 4. The summed E-state index contributed by atoms with van der Waals surface area (Å²) in [5, 5.41) is 8.99. The van der Waals surface area contributed by atoms with Crippen LogP contribution < -0.4 is 10.6 Å². The van der Waals surface area contributed by atoms with Crippen LogP contribution in [0, 0.1) is 11.6 Å². The van der Waals surface area contributed by atoms with Crippen LogP contribution in [0.15, 0.2) is 41.7 Å². The predicted octanol–water partition coefficient (Wildman–Crippen LogP) is 3.99. The smallest absolute Gasteiger partial charge is 0.280 e. The Morgan fingerprint density at radius 1 is 1.27 bits per heavy atom. The van der Waals surface area contributed by atoms with E-state index in [-0.39, 0.29) is 22.8 Å². The van der Waals surface area contributed by atoms with Gasteiger partial charge < -0.3 is 10.6 Å². The average molecular weight is 364 g/mol. The third kappa shape index (κ3) is 2.85. The number of nitrogens with zero attached hydrogens (tertiary/aromatic N) is 2. The number of allylic oxidation sites excluding steroid dienone is 3. The van der Waals surface area contributed by atoms with Gasteiger partial charge in [-0.25, -0.2) is 22.2 Å². The fourth-order valence-corrected chi connectivity index (χ4v) is 2.66. The first-order valence-electron chi connectivity index (χ1n) is 7.77. The lowest BCUT2D eigenvalue weighted by atomic mass is 10.2. The molecule has 5 nitrogen and oxygen atoms in total. The topological polar surface area (TPSA) is 59.0 Å². The van der Waals surface area contributed by atoms with Crippen molar-refractivity contribution in [2.45, 2.75) is 19.3 Å². The third-order valence-electron chi connectivity index (χ3n) is 4.08. The molecule has 2 aromatic rings. The van der Waals surface area contributed by atoms with Crippen molar-refractivity contribution in [2.24, 2.45) is 0 Å². The molecule has 1 fully saturated rings. The molecular formula is C17H12F4N4O. The minimum atomic E-state index is -2.79. The standard InChI is InChI=1S/C17H12F4N4O/c18-9-3-4-11(19)13(5-9)24-17(26)10-7-22-25-14(15(20)21)6-12(8-1-2-8)23-16(10)25/h3-7,15,23H,1-2H2,(H,24,26). The van der Waals surface area contributed by atoms with Gasteiger partial charge in [0.1, 0.15) is 28.7 Å². The summed E-state index contributed by atoms with van der Waals surface area (Å²) in [5.41, 5.74) is 0.719. The van der Waals surface area contributed by atoms with Gasteiger partial charge in [-0.05, 0) is 36.6 Å². The summed E-state index contributed by atoms with van der Waals surface area (Å²) in [6.45, 7) is 0. The number of carbonyl (C=O) groups is 1. The molecule has 1 aliphatic heterocycles. The van der Waals surface area contributed by atoms with Gasteiger partial charge in [-0.2, -0.15) is 5.10 Å². The van der Waals surface area contributed by atoms with Crippen molar-refractivity contribution in [1.82, 2.24) is 9.78 Å². The number of aromatic nitrogens is 2. The molecule has 0 spiro atoms. The van der Waals surface area contributed by atoms with Crippen LogP contribution in [0.25, 0.3) is 5.70 Å². The molecule has 9 heteroatoms. The number of amides is 1. The van der Waals surface area contributed by atoms with E-state index in [0.717, 1.165) is 47.5 Å². The fraction of sp³-hybridized carbons (Fsp3) is 0.176. The quantitative estimate of drug-likeness (QED) is 0.810. The summed E-state index contributed by atoms with van der Waals surface area (Å²) in [5.74, 6) is -2.27. The van der Waals surface area contributed by atoms with Crippen LogP contribution in [0.5, 0.6) is 0 Å². The second-order valence-electron chi connectivity index (χ2n) is 5.91. The zero-order chi connectivity index (χ0) is 18.4. The molecule has 0 unspecified atom stereocenters. The van der Waals surface area contributed by atoms with Crippen LogP contribution in [0.1, 0.15) is 23.2 Å². The molecule has 2 aliphatic rings. The fourth-order valence-electron chi connectivity index (χ4n) is 2.66. The number of nitrogens with one attached hydrogen (secondary N) is 2. The van der Waals surface area contributed by atoms with E-state index in [9.17, 15) is 22.4 Å². The van der Waals surface area contributed by atoms with Gasteiger partial charge in [0.2, 0.25) is 0 Å². The number of hydrogen-bond acceptors (Lipinski definition) is 3. The molecule has 0 radical (unpaired) electrons. The van der Waals surface area contributed by atoms with Gasteiger partial charge in [-0.3, -0.25) is 4.79 Å². The second-order valence-corrected chi connectivity index (χ2v) is 5.91. The maximum atomic E-state index is 13.7. The molecule has 0 saturated heterocycles. The molecule has 134 valence electrons. The molecule has 2 heterocycles. The van der Waals surface area contributed by atoms with E-state index in [1.807, 2.05) is 0 Å². The number of hydrogen-bond donors (Lipinski definition) is 2. The Hall–Kier alpha value is -3.10. The highest BCUT2D eigenvalue weighted by molar-refractivity contribution is 6.08. The van der Waals surface area contributed by atoms with Crippen LogP contribution in [-0.4, -0.2) is 22.1 Å². The van der Waals surface area contributed by atoms with Crippen molar-refractivity contribution >= 4 is 23.1 Å². The lowest BCUT2D eigenvalue weighted by Gasteiger charge is -2.20. The Morgan fingerprint density at radius 3 is 2.73 bits per heavy atom. The summed E-state index contributed by atoms with van der Waals surface area (Å²) in [6, 6.07) is 2.63. The maximum Gasteiger partial charge on any atom is 0.280 e. The number of rotatable bonds is 3. The molecule has 1 amide bonds. The van der Waals surface area contributed by atoms with E-state index in [0.29, 0.717) is 5.70 Å². The van der Waals surface area contributed by atoms with E-state index in [1.54, 1.807) is 0 Å². The first-order valence-corrected chi connectivity index (χ1v) is 7.77. The first-order chi connectivity index (χ1) is 12.4. The van der Waals surface area contributed by atoms with Crippen LogP contribution in [0.2, 0.25) is 0 Å². The van der Waals surface area contributed by atoms with Crippen molar-refractivity contribution in [3.05, 3.63) is 58.9 Å². The molecule has 1 aliphatic carbocycles. The highest BCUT2D eigenvalue weighted by Crippen LogP contribution is 2.38. The second kappa shape index (κ2) is 6.01. The van der Waals surface area contributed by atoms with Crippen LogP contribution in [0.3, 0.4) is 0 Å². The molecule has 1 saturated carbocycles. The number of alkyl halides is 2. The zero-order valence-corrected chi connectivity index (χ0v) is 13.2. The van der Waals surface area contributed by atoms with Crippen molar-refractivity contribution in [1.29, 1.82) is 0 Å². The summed E-state index contributed by atoms with van der Waals surface area (Å²) in [7, 11) is 0. The summed E-state index contributed by atoms with van der Waals surface area (Å²) >= 11 is 0. The van der Waals surface area contributed by atoms with Gasteiger partial charge in [0.25, 0.3) is 12.3 Å². The minimum absolute atomic E-state index is 0.0568. The normalized spacial score (nSPS) is 15.5. The highest BCUT2D eigenvalue weighted by Gasteiger charge is 2.30.